The number of aliphatic hydroxyl groups excluding tert-OH is 1. The molecule has 36 heavy (non-hydrogen) atoms. The molecule has 3 aromatic rings. The average molecular weight is 491 g/mol. The predicted molar refractivity (Wildman–Crippen MR) is 139 cm³/mol. The van der Waals surface area contributed by atoms with Gasteiger partial charge in [0.2, 0.25) is 0 Å². The van der Waals surface area contributed by atoms with Crippen molar-refractivity contribution in [2.75, 3.05) is 26.2 Å². The lowest BCUT2D eigenvalue weighted by atomic mass is 10.0. The Labute approximate surface area is 213 Å². The van der Waals surface area contributed by atoms with E-state index in [2.05, 4.69) is 46.8 Å². The molecule has 192 valence electrons. The van der Waals surface area contributed by atoms with Gasteiger partial charge in [-0.15, -0.1) is 0 Å². The summed E-state index contributed by atoms with van der Waals surface area (Å²) in [6.07, 6.45) is 3.77. The van der Waals surface area contributed by atoms with Gasteiger partial charge in [-0.25, -0.2) is 0 Å². The minimum Gasteiger partial charge on any atom is -0.466 e. The van der Waals surface area contributed by atoms with Crippen LogP contribution in [0.2, 0.25) is 0 Å². The minimum absolute atomic E-state index is 0.0119. The minimum atomic E-state index is -0.304. The molecule has 4 heterocycles. The van der Waals surface area contributed by atoms with E-state index in [0.717, 1.165) is 62.5 Å². The highest BCUT2D eigenvalue weighted by molar-refractivity contribution is 5.94. The Balaban J connectivity index is 1.32. The molecule has 7 nitrogen and oxygen atoms in total. The first-order chi connectivity index (χ1) is 17.5. The number of hydrogen-bond donors (Lipinski definition) is 1. The van der Waals surface area contributed by atoms with Crippen LogP contribution in [0.4, 0.5) is 0 Å². The number of benzene rings is 1. The van der Waals surface area contributed by atoms with E-state index in [4.69, 9.17) is 9.52 Å². The summed E-state index contributed by atoms with van der Waals surface area (Å²) in [7, 11) is 0. The van der Waals surface area contributed by atoms with Crippen molar-refractivity contribution in [2.45, 2.75) is 71.1 Å². The summed E-state index contributed by atoms with van der Waals surface area (Å²) >= 11 is 0. The van der Waals surface area contributed by atoms with Crippen molar-refractivity contribution in [3.8, 4) is 0 Å². The van der Waals surface area contributed by atoms with Crippen LogP contribution in [-0.2, 0) is 25.9 Å². The monoisotopic (exact) mass is 490 g/mol. The largest absolute Gasteiger partial charge is 0.466 e. The Kier molecular flexibility index (Phi) is 7.58. The molecule has 7 heteroatoms. The van der Waals surface area contributed by atoms with Gasteiger partial charge in [0.05, 0.1) is 6.10 Å². The molecule has 5 rings (SSSR count). The van der Waals surface area contributed by atoms with Crippen LogP contribution in [0.15, 0.2) is 46.9 Å². The van der Waals surface area contributed by atoms with E-state index < -0.39 is 0 Å². The first-order valence-electron chi connectivity index (χ1n) is 13.4. The van der Waals surface area contributed by atoms with Gasteiger partial charge in [-0.05, 0) is 56.8 Å². The highest BCUT2D eigenvalue weighted by Crippen LogP contribution is 2.27. The number of aliphatic hydroxyl groups is 1. The number of furan rings is 1. The summed E-state index contributed by atoms with van der Waals surface area (Å²) in [6, 6.07) is 14.6. The Morgan fingerprint density at radius 2 is 1.89 bits per heavy atom. The summed E-state index contributed by atoms with van der Waals surface area (Å²) in [4.78, 5) is 17.9. The van der Waals surface area contributed by atoms with Crippen molar-refractivity contribution in [1.29, 1.82) is 0 Å². The second-order valence-electron chi connectivity index (χ2n) is 10.4. The topological polar surface area (TPSA) is 74.7 Å². The third kappa shape index (κ3) is 5.57. The first kappa shape index (κ1) is 24.8. The molecular weight excluding hydrogens is 452 g/mol. The van der Waals surface area contributed by atoms with Gasteiger partial charge in [-0.3, -0.25) is 14.4 Å². The molecule has 1 unspecified atom stereocenters. The maximum absolute atomic E-state index is 13.6. The molecule has 1 fully saturated rings. The molecule has 1 aromatic carbocycles. The van der Waals surface area contributed by atoms with Crippen molar-refractivity contribution in [1.82, 2.24) is 19.6 Å². The molecule has 2 aliphatic heterocycles. The van der Waals surface area contributed by atoms with Gasteiger partial charge >= 0.3 is 0 Å². The Bertz CT molecular complexity index is 1160. The van der Waals surface area contributed by atoms with Crippen LogP contribution >= 0.6 is 0 Å². The molecule has 1 amide bonds. The van der Waals surface area contributed by atoms with Gasteiger partial charge in [-0.1, -0.05) is 37.3 Å². The smallest absolute Gasteiger partial charge is 0.274 e. The van der Waals surface area contributed by atoms with E-state index in [1.165, 1.54) is 11.3 Å². The Hall–Kier alpha value is -2.90. The number of likely N-dealkylation sites (tertiary alicyclic amines) is 1. The van der Waals surface area contributed by atoms with Crippen LogP contribution in [0.5, 0.6) is 0 Å². The van der Waals surface area contributed by atoms with E-state index in [9.17, 15) is 9.90 Å². The van der Waals surface area contributed by atoms with Crippen LogP contribution in [0.3, 0.4) is 0 Å². The van der Waals surface area contributed by atoms with Crippen LogP contribution < -0.4 is 0 Å². The number of hydrogen-bond acceptors (Lipinski definition) is 5. The predicted octanol–water partition coefficient (Wildman–Crippen LogP) is 4.18. The SMILES string of the molecule is Cc1ccc(C(C)CCN2CCc3c(c(C(=O)N4CCC(O)CC4)nn3CCc3ccccc3)C2)o1. The lowest BCUT2D eigenvalue weighted by Gasteiger charge is -2.31. The lowest BCUT2D eigenvalue weighted by Crippen LogP contribution is -2.41. The molecule has 2 aliphatic rings. The zero-order chi connectivity index (χ0) is 25.1. The number of amides is 1. The van der Waals surface area contributed by atoms with Crippen molar-refractivity contribution >= 4 is 5.91 Å². The number of piperidine rings is 1. The van der Waals surface area contributed by atoms with E-state index in [1.807, 2.05) is 24.0 Å². The molecular formula is C29H38N4O3. The number of carbonyl (C=O) groups is 1. The third-order valence-electron chi connectivity index (χ3n) is 7.75. The zero-order valence-corrected chi connectivity index (χ0v) is 21.5. The highest BCUT2D eigenvalue weighted by atomic mass is 16.3. The number of nitrogens with zero attached hydrogens (tertiary/aromatic N) is 4. The molecule has 2 aromatic heterocycles. The number of aromatic nitrogens is 2. The summed E-state index contributed by atoms with van der Waals surface area (Å²) < 4.78 is 7.92. The number of aryl methyl sites for hydroxylation is 3. The first-order valence-corrected chi connectivity index (χ1v) is 13.4. The fourth-order valence-electron chi connectivity index (χ4n) is 5.43. The Morgan fingerprint density at radius 3 is 2.61 bits per heavy atom. The molecule has 0 bridgehead atoms. The standard InChI is InChI=1S/C29H38N4O3/c1-21(27-9-8-22(2)36-27)10-15-31-16-14-26-25(20-31)28(29(35)32-17-12-24(34)13-18-32)30-33(26)19-11-23-6-4-3-5-7-23/h3-9,21,24,34H,10-20H2,1-2H3. The molecule has 0 radical (unpaired) electrons. The number of carbonyl (C=O) groups excluding carboxylic acids is 1. The van der Waals surface area contributed by atoms with E-state index in [-0.39, 0.29) is 12.0 Å². The van der Waals surface area contributed by atoms with Crippen molar-refractivity contribution in [2.24, 2.45) is 0 Å². The quantitative estimate of drug-likeness (QED) is 0.513. The van der Waals surface area contributed by atoms with Gasteiger partial charge in [0.1, 0.15) is 11.5 Å². The van der Waals surface area contributed by atoms with Gasteiger partial charge < -0.3 is 14.4 Å². The van der Waals surface area contributed by atoms with Crippen molar-refractivity contribution < 1.29 is 14.3 Å². The second-order valence-corrected chi connectivity index (χ2v) is 10.4. The van der Waals surface area contributed by atoms with E-state index >= 15 is 0 Å². The van der Waals surface area contributed by atoms with Gasteiger partial charge in [0.15, 0.2) is 5.69 Å². The molecule has 0 saturated carbocycles. The van der Waals surface area contributed by atoms with Crippen LogP contribution in [-0.4, -0.2) is 62.9 Å². The van der Waals surface area contributed by atoms with Gasteiger partial charge in [0.25, 0.3) is 5.91 Å². The number of rotatable bonds is 8. The fraction of sp³-hybridized carbons (Fsp3) is 0.517. The Morgan fingerprint density at radius 1 is 1.11 bits per heavy atom. The summed E-state index contributed by atoms with van der Waals surface area (Å²) in [5.41, 5.74) is 4.18. The fourth-order valence-corrected chi connectivity index (χ4v) is 5.43. The highest BCUT2D eigenvalue weighted by Gasteiger charge is 2.32. The molecule has 0 spiro atoms. The third-order valence-corrected chi connectivity index (χ3v) is 7.75. The molecule has 1 N–H and O–H groups in total. The molecule has 1 atom stereocenters. The van der Waals surface area contributed by atoms with Crippen LogP contribution in [0.1, 0.15) is 70.9 Å². The molecule has 0 aliphatic carbocycles. The van der Waals surface area contributed by atoms with Gasteiger partial charge in [0, 0.05) is 56.3 Å². The van der Waals surface area contributed by atoms with Crippen molar-refractivity contribution in [3.05, 3.63) is 76.5 Å². The van der Waals surface area contributed by atoms with Crippen molar-refractivity contribution in [3.63, 3.8) is 0 Å². The second kappa shape index (κ2) is 11.0. The lowest BCUT2D eigenvalue weighted by molar-refractivity contribution is 0.0539. The molecule has 1 saturated heterocycles. The summed E-state index contributed by atoms with van der Waals surface area (Å²) in [6.45, 7) is 8.84. The maximum atomic E-state index is 13.6. The number of fused-ring (bicyclic) bond motifs is 1. The van der Waals surface area contributed by atoms with Crippen LogP contribution in [0.25, 0.3) is 0 Å². The maximum Gasteiger partial charge on any atom is 0.274 e. The summed E-state index contributed by atoms with van der Waals surface area (Å²) in [5, 5.41) is 14.8. The van der Waals surface area contributed by atoms with Crippen LogP contribution in [0, 0.1) is 6.92 Å². The van der Waals surface area contributed by atoms with E-state index in [1.54, 1.807) is 0 Å². The average Bonchev–Trinajstić information content (AvgIpc) is 3.50. The normalized spacial score (nSPS) is 17.8. The zero-order valence-electron chi connectivity index (χ0n) is 21.5. The summed E-state index contributed by atoms with van der Waals surface area (Å²) in [5.74, 6) is 2.37. The van der Waals surface area contributed by atoms with Gasteiger partial charge in [-0.2, -0.15) is 5.10 Å². The van der Waals surface area contributed by atoms with E-state index in [0.29, 0.717) is 37.5 Å².